The van der Waals surface area contributed by atoms with Crippen LogP contribution in [0.25, 0.3) is 10.6 Å². The van der Waals surface area contributed by atoms with E-state index in [9.17, 15) is 9.59 Å². The molecular weight excluding hydrogens is 430 g/mol. The van der Waals surface area contributed by atoms with Crippen molar-refractivity contribution in [1.29, 1.82) is 0 Å². The molecule has 9 heteroatoms. The highest BCUT2D eigenvalue weighted by atomic mass is 32.1. The minimum Gasteiger partial charge on any atom is -0.494 e. The lowest BCUT2D eigenvalue weighted by Crippen LogP contribution is -2.40. The lowest BCUT2D eigenvalue weighted by Gasteiger charge is -2.22. The summed E-state index contributed by atoms with van der Waals surface area (Å²) in [5, 5.41) is 5.49. The molecule has 0 saturated carbocycles. The van der Waals surface area contributed by atoms with E-state index in [1.165, 1.54) is 16.2 Å². The summed E-state index contributed by atoms with van der Waals surface area (Å²) in [5.41, 5.74) is 1.05. The average molecular weight is 452 g/mol. The number of imide groups is 1. The first-order chi connectivity index (χ1) is 15.5. The van der Waals surface area contributed by atoms with E-state index in [-0.39, 0.29) is 19.2 Å². The van der Waals surface area contributed by atoms with Crippen LogP contribution in [0.2, 0.25) is 0 Å². The van der Waals surface area contributed by atoms with Gasteiger partial charge >= 0.3 is 6.03 Å². The summed E-state index contributed by atoms with van der Waals surface area (Å²) < 4.78 is 16.2. The van der Waals surface area contributed by atoms with Crippen LogP contribution >= 0.6 is 11.3 Å². The summed E-state index contributed by atoms with van der Waals surface area (Å²) in [6, 6.07) is 12.5. The summed E-state index contributed by atoms with van der Waals surface area (Å²) in [6.07, 6.45) is 0. The second-order valence-electron chi connectivity index (χ2n) is 7.62. The number of nitrogens with zero attached hydrogens (tertiary/aromatic N) is 2. The molecule has 1 fully saturated rings. The SMILES string of the molecule is CCOc1ccc(-c2nc(CN3C(=O)N[C@@](C)(c4ccc5c(c4)OCO5)C3=O)cs2)cc1. The maximum Gasteiger partial charge on any atom is 0.325 e. The first-order valence-electron chi connectivity index (χ1n) is 10.2. The maximum absolute atomic E-state index is 13.3. The summed E-state index contributed by atoms with van der Waals surface area (Å²) in [7, 11) is 0. The predicted molar refractivity (Wildman–Crippen MR) is 118 cm³/mol. The molecule has 32 heavy (non-hydrogen) atoms. The van der Waals surface area contributed by atoms with Crippen LogP contribution in [-0.4, -0.2) is 35.2 Å². The number of benzene rings is 2. The van der Waals surface area contributed by atoms with E-state index in [0.29, 0.717) is 29.4 Å². The number of rotatable bonds is 6. The number of amides is 3. The van der Waals surface area contributed by atoms with Crippen molar-refractivity contribution in [2.45, 2.75) is 25.9 Å². The van der Waals surface area contributed by atoms with Crippen LogP contribution in [-0.2, 0) is 16.9 Å². The van der Waals surface area contributed by atoms with Crippen LogP contribution in [0.1, 0.15) is 25.1 Å². The molecule has 0 spiro atoms. The summed E-state index contributed by atoms with van der Waals surface area (Å²) >= 11 is 1.47. The molecule has 2 aromatic carbocycles. The van der Waals surface area contributed by atoms with Crippen LogP contribution in [0.3, 0.4) is 0 Å². The number of hydrogen-bond donors (Lipinski definition) is 1. The monoisotopic (exact) mass is 451 g/mol. The molecule has 0 bridgehead atoms. The van der Waals surface area contributed by atoms with E-state index >= 15 is 0 Å². The van der Waals surface area contributed by atoms with Crippen molar-refractivity contribution in [2.75, 3.05) is 13.4 Å². The van der Waals surface area contributed by atoms with Gasteiger partial charge in [0, 0.05) is 10.9 Å². The molecule has 164 valence electrons. The van der Waals surface area contributed by atoms with Gasteiger partial charge in [0.1, 0.15) is 16.3 Å². The molecule has 5 rings (SSSR count). The van der Waals surface area contributed by atoms with Gasteiger partial charge in [-0.1, -0.05) is 6.07 Å². The highest BCUT2D eigenvalue weighted by Gasteiger charge is 2.49. The molecule has 0 radical (unpaired) electrons. The van der Waals surface area contributed by atoms with Crippen LogP contribution in [0.15, 0.2) is 47.8 Å². The minimum absolute atomic E-state index is 0.0956. The van der Waals surface area contributed by atoms with Gasteiger partial charge in [-0.2, -0.15) is 0 Å². The van der Waals surface area contributed by atoms with Crippen molar-refractivity contribution in [1.82, 2.24) is 15.2 Å². The number of hydrogen-bond acceptors (Lipinski definition) is 7. The molecule has 1 aromatic heterocycles. The first kappa shape index (κ1) is 20.3. The molecule has 3 amide bonds. The molecule has 8 nitrogen and oxygen atoms in total. The highest BCUT2D eigenvalue weighted by Crippen LogP contribution is 2.38. The standard InChI is InChI=1S/C23H21N3O5S/c1-3-29-17-7-4-14(5-8-17)20-24-16(12-32-20)11-26-21(27)23(2,25-22(26)28)15-6-9-18-19(10-15)31-13-30-18/h4-10,12H,3,11,13H2,1-2H3,(H,25,28)/t23-/m0/s1. The molecule has 0 aliphatic carbocycles. The number of carbonyl (C=O) groups excluding carboxylic acids is 2. The van der Waals surface area contributed by atoms with Gasteiger partial charge in [0.25, 0.3) is 5.91 Å². The molecular formula is C23H21N3O5S. The fraction of sp³-hybridized carbons (Fsp3) is 0.261. The lowest BCUT2D eigenvalue weighted by atomic mass is 9.91. The van der Waals surface area contributed by atoms with Gasteiger partial charge in [0.2, 0.25) is 6.79 Å². The molecule has 1 N–H and O–H groups in total. The summed E-state index contributed by atoms with van der Waals surface area (Å²) in [6.45, 7) is 4.48. The largest absolute Gasteiger partial charge is 0.494 e. The molecule has 1 atom stereocenters. The average Bonchev–Trinajstić information content (AvgIpc) is 3.50. The Morgan fingerprint density at radius 1 is 1.16 bits per heavy atom. The Hall–Kier alpha value is -3.59. The number of fused-ring (bicyclic) bond motifs is 1. The normalized spacial score (nSPS) is 19.4. The quantitative estimate of drug-likeness (QED) is 0.572. The Kier molecular flexibility index (Phi) is 4.97. The number of aromatic nitrogens is 1. The van der Waals surface area contributed by atoms with Crippen molar-refractivity contribution < 1.29 is 23.8 Å². The molecule has 3 aromatic rings. The summed E-state index contributed by atoms with van der Waals surface area (Å²) in [4.78, 5) is 31.8. The summed E-state index contributed by atoms with van der Waals surface area (Å²) in [5.74, 6) is 1.64. The Balaban J connectivity index is 1.34. The Labute approximate surface area is 188 Å². The van der Waals surface area contributed by atoms with Crippen molar-refractivity contribution in [3.8, 4) is 27.8 Å². The van der Waals surface area contributed by atoms with E-state index in [1.54, 1.807) is 25.1 Å². The highest BCUT2D eigenvalue weighted by molar-refractivity contribution is 7.13. The lowest BCUT2D eigenvalue weighted by molar-refractivity contribution is -0.131. The second kappa shape index (κ2) is 7.83. The van der Waals surface area contributed by atoms with Crippen molar-refractivity contribution in [2.24, 2.45) is 0 Å². The predicted octanol–water partition coefficient (Wildman–Crippen LogP) is 3.90. The Morgan fingerprint density at radius 3 is 2.72 bits per heavy atom. The van der Waals surface area contributed by atoms with Gasteiger partial charge in [-0.3, -0.25) is 9.69 Å². The Bertz CT molecular complexity index is 1190. The Morgan fingerprint density at radius 2 is 1.94 bits per heavy atom. The number of thiazole rings is 1. The fourth-order valence-corrected chi connectivity index (χ4v) is 4.60. The van der Waals surface area contributed by atoms with E-state index in [0.717, 1.165) is 16.3 Å². The van der Waals surface area contributed by atoms with E-state index in [2.05, 4.69) is 10.3 Å². The van der Waals surface area contributed by atoms with Crippen LogP contribution in [0, 0.1) is 0 Å². The smallest absolute Gasteiger partial charge is 0.325 e. The van der Waals surface area contributed by atoms with Gasteiger partial charge < -0.3 is 19.5 Å². The van der Waals surface area contributed by atoms with E-state index in [1.807, 2.05) is 36.6 Å². The number of nitrogens with one attached hydrogen (secondary N) is 1. The molecule has 2 aliphatic rings. The fourth-order valence-electron chi connectivity index (χ4n) is 3.78. The number of carbonyl (C=O) groups is 2. The van der Waals surface area contributed by atoms with Gasteiger partial charge in [0.05, 0.1) is 18.8 Å². The number of urea groups is 1. The second-order valence-corrected chi connectivity index (χ2v) is 8.47. The van der Waals surface area contributed by atoms with Gasteiger partial charge in [-0.15, -0.1) is 11.3 Å². The van der Waals surface area contributed by atoms with Crippen molar-refractivity contribution in [3.05, 3.63) is 59.1 Å². The van der Waals surface area contributed by atoms with Gasteiger partial charge in [-0.25, -0.2) is 9.78 Å². The van der Waals surface area contributed by atoms with Crippen molar-refractivity contribution in [3.63, 3.8) is 0 Å². The third-order valence-electron chi connectivity index (χ3n) is 5.51. The molecule has 1 saturated heterocycles. The van der Waals surface area contributed by atoms with E-state index in [4.69, 9.17) is 14.2 Å². The van der Waals surface area contributed by atoms with Crippen LogP contribution in [0.4, 0.5) is 4.79 Å². The maximum atomic E-state index is 13.3. The van der Waals surface area contributed by atoms with E-state index < -0.39 is 11.6 Å². The van der Waals surface area contributed by atoms with Crippen molar-refractivity contribution >= 4 is 23.3 Å². The molecule has 0 unspecified atom stereocenters. The topological polar surface area (TPSA) is 90.0 Å². The molecule has 2 aliphatic heterocycles. The third kappa shape index (κ3) is 3.44. The minimum atomic E-state index is -1.19. The van der Waals surface area contributed by atoms with Gasteiger partial charge in [-0.05, 0) is 55.8 Å². The zero-order valence-electron chi connectivity index (χ0n) is 17.6. The van der Waals surface area contributed by atoms with Crippen LogP contribution < -0.4 is 19.5 Å². The third-order valence-corrected chi connectivity index (χ3v) is 6.45. The molecule has 3 heterocycles. The van der Waals surface area contributed by atoms with Crippen LogP contribution in [0.5, 0.6) is 17.2 Å². The zero-order chi connectivity index (χ0) is 22.3. The zero-order valence-corrected chi connectivity index (χ0v) is 18.4. The van der Waals surface area contributed by atoms with Gasteiger partial charge in [0.15, 0.2) is 11.5 Å². The first-order valence-corrected chi connectivity index (χ1v) is 11.1. The number of ether oxygens (including phenoxy) is 3.